The molecule has 8 heteroatoms. The molecule has 0 bridgehead atoms. The minimum atomic E-state index is -0.502. The Morgan fingerprint density at radius 3 is 2.96 bits per heavy atom. The first-order valence-electron chi connectivity index (χ1n) is 7.50. The molecule has 0 aliphatic carbocycles. The first kappa shape index (κ1) is 14.8. The normalized spacial score (nSPS) is 18.2. The van der Waals surface area contributed by atoms with E-state index < -0.39 is 11.9 Å². The van der Waals surface area contributed by atoms with Crippen LogP contribution in [0, 0.1) is 12.7 Å². The van der Waals surface area contributed by atoms with Gasteiger partial charge in [0.25, 0.3) is 5.91 Å². The van der Waals surface area contributed by atoms with E-state index >= 15 is 0 Å². The zero-order valence-corrected chi connectivity index (χ0v) is 12.9. The summed E-state index contributed by atoms with van der Waals surface area (Å²) in [7, 11) is 0. The zero-order valence-electron chi connectivity index (χ0n) is 12.9. The highest BCUT2D eigenvalue weighted by molar-refractivity contribution is 5.96. The van der Waals surface area contributed by atoms with Gasteiger partial charge in [-0.05, 0) is 12.1 Å². The Hall–Kier alpha value is -2.74. The number of nitrogens with zero attached hydrogens (tertiary/aromatic N) is 3. The number of para-hydroxylation sites is 1. The molecular weight excluding hydrogens is 317 g/mol. The van der Waals surface area contributed by atoms with Crippen LogP contribution in [-0.4, -0.2) is 40.8 Å². The summed E-state index contributed by atoms with van der Waals surface area (Å²) in [5.74, 6) is -0.0813. The Bertz CT molecular complexity index is 904. The molecule has 124 valence electrons. The Labute approximate surface area is 136 Å². The number of halogens is 1. The molecule has 1 atom stereocenters. The fourth-order valence-electron chi connectivity index (χ4n) is 2.77. The molecule has 0 unspecified atom stereocenters. The number of benzene rings is 1. The molecule has 1 aliphatic heterocycles. The number of aryl methyl sites for hydroxylation is 1. The van der Waals surface area contributed by atoms with E-state index in [0.29, 0.717) is 30.3 Å². The molecule has 4 rings (SSSR count). The summed E-state index contributed by atoms with van der Waals surface area (Å²) in [4.78, 5) is 14.4. The molecule has 3 aromatic rings. The van der Waals surface area contributed by atoms with Crippen molar-refractivity contribution in [3.8, 4) is 0 Å². The standard InChI is InChI=1S/C16H14FN3O4/c1-9-18-19-15(23-9)12-8-22-6-5-20(12)16(21)13-7-10-3-2-4-11(17)14(10)24-13/h2-4,7,12H,5-6,8H2,1H3/t12-/m1/s1. The zero-order chi connectivity index (χ0) is 16.7. The fraction of sp³-hybridized carbons (Fsp3) is 0.312. The summed E-state index contributed by atoms with van der Waals surface area (Å²) in [5.41, 5.74) is 0.0688. The highest BCUT2D eigenvalue weighted by Crippen LogP contribution is 2.28. The van der Waals surface area contributed by atoms with Crippen LogP contribution < -0.4 is 0 Å². The van der Waals surface area contributed by atoms with Crippen molar-refractivity contribution in [1.29, 1.82) is 0 Å². The molecule has 3 heterocycles. The van der Waals surface area contributed by atoms with Gasteiger partial charge in [0.15, 0.2) is 17.2 Å². The van der Waals surface area contributed by atoms with Crippen molar-refractivity contribution in [1.82, 2.24) is 15.1 Å². The average molecular weight is 331 g/mol. The first-order valence-corrected chi connectivity index (χ1v) is 7.50. The van der Waals surface area contributed by atoms with E-state index in [1.54, 1.807) is 24.0 Å². The van der Waals surface area contributed by atoms with Gasteiger partial charge >= 0.3 is 0 Å². The van der Waals surface area contributed by atoms with Crippen LogP contribution in [0.5, 0.6) is 0 Å². The van der Waals surface area contributed by atoms with Crippen LogP contribution in [0.1, 0.15) is 28.4 Å². The van der Waals surface area contributed by atoms with Gasteiger partial charge in [-0.2, -0.15) is 0 Å². The van der Waals surface area contributed by atoms with Crippen LogP contribution in [-0.2, 0) is 4.74 Å². The second-order valence-electron chi connectivity index (χ2n) is 5.52. The van der Waals surface area contributed by atoms with E-state index in [2.05, 4.69) is 10.2 Å². The number of rotatable bonds is 2. The van der Waals surface area contributed by atoms with E-state index in [1.165, 1.54) is 12.1 Å². The third-order valence-electron chi connectivity index (χ3n) is 3.92. The maximum absolute atomic E-state index is 13.8. The number of hydrogen-bond acceptors (Lipinski definition) is 6. The van der Waals surface area contributed by atoms with Crippen LogP contribution >= 0.6 is 0 Å². The largest absolute Gasteiger partial charge is 0.448 e. The summed E-state index contributed by atoms with van der Waals surface area (Å²) >= 11 is 0. The average Bonchev–Trinajstić information content (AvgIpc) is 3.21. The minimum absolute atomic E-state index is 0.0678. The van der Waals surface area contributed by atoms with Gasteiger partial charge in [-0.25, -0.2) is 4.39 Å². The smallest absolute Gasteiger partial charge is 0.290 e. The molecule has 2 aromatic heterocycles. The highest BCUT2D eigenvalue weighted by atomic mass is 19.1. The molecule has 0 saturated carbocycles. The lowest BCUT2D eigenvalue weighted by molar-refractivity contribution is -0.0120. The molecule has 1 amide bonds. The van der Waals surface area contributed by atoms with Crippen molar-refractivity contribution in [3.63, 3.8) is 0 Å². The number of morpholine rings is 1. The number of carbonyl (C=O) groups excluding carboxylic acids is 1. The minimum Gasteiger partial charge on any atom is -0.448 e. The lowest BCUT2D eigenvalue weighted by Gasteiger charge is -2.32. The Kier molecular flexibility index (Phi) is 3.53. The molecule has 0 N–H and O–H groups in total. The first-order chi connectivity index (χ1) is 11.6. The molecule has 1 fully saturated rings. The summed E-state index contributed by atoms with van der Waals surface area (Å²) in [6, 6.07) is 5.59. The monoisotopic (exact) mass is 331 g/mol. The summed E-state index contributed by atoms with van der Waals surface area (Å²) in [6.45, 7) is 2.67. The molecular formula is C16H14FN3O4. The van der Waals surface area contributed by atoms with E-state index in [0.717, 1.165) is 0 Å². The maximum Gasteiger partial charge on any atom is 0.290 e. The second-order valence-corrected chi connectivity index (χ2v) is 5.52. The number of carbonyl (C=O) groups is 1. The van der Waals surface area contributed by atoms with E-state index in [4.69, 9.17) is 13.6 Å². The fourth-order valence-corrected chi connectivity index (χ4v) is 2.77. The van der Waals surface area contributed by atoms with E-state index in [-0.39, 0.29) is 23.9 Å². The van der Waals surface area contributed by atoms with Crippen LogP contribution in [0.4, 0.5) is 4.39 Å². The number of amides is 1. The number of fused-ring (bicyclic) bond motifs is 1. The summed E-state index contributed by atoms with van der Waals surface area (Å²) in [5, 5.41) is 8.30. The van der Waals surface area contributed by atoms with Crippen LogP contribution in [0.25, 0.3) is 11.0 Å². The Balaban J connectivity index is 1.69. The lowest BCUT2D eigenvalue weighted by Crippen LogP contribution is -2.43. The topological polar surface area (TPSA) is 81.6 Å². The van der Waals surface area contributed by atoms with E-state index in [9.17, 15) is 9.18 Å². The van der Waals surface area contributed by atoms with Gasteiger partial charge in [0.05, 0.1) is 13.2 Å². The summed E-state index contributed by atoms with van der Waals surface area (Å²) < 4.78 is 30.1. The quantitative estimate of drug-likeness (QED) is 0.717. The van der Waals surface area contributed by atoms with Gasteiger partial charge in [-0.1, -0.05) is 12.1 Å². The second kappa shape index (κ2) is 5.72. The third kappa shape index (κ3) is 2.44. The molecule has 0 spiro atoms. The van der Waals surface area contributed by atoms with Gasteiger partial charge in [0.1, 0.15) is 6.04 Å². The van der Waals surface area contributed by atoms with Crippen molar-refractivity contribution in [2.24, 2.45) is 0 Å². The molecule has 24 heavy (non-hydrogen) atoms. The van der Waals surface area contributed by atoms with Gasteiger partial charge < -0.3 is 18.5 Å². The molecule has 1 aromatic carbocycles. The Morgan fingerprint density at radius 2 is 2.21 bits per heavy atom. The SMILES string of the molecule is Cc1nnc([C@H]2COCCN2C(=O)c2cc3cccc(F)c3o2)o1. The predicted octanol–water partition coefficient (Wildman–Crippen LogP) is 2.48. The Morgan fingerprint density at radius 1 is 1.33 bits per heavy atom. The maximum atomic E-state index is 13.8. The van der Waals surface area contributed by atoms with Gasteiger partial charge in [-0.3, -0.25) is 4.79 Å². The molecule has 1 saturated heterocycles. The van der Waals surface area contributed by atoms with Crippen molar-refractivity contribution < 1.29 is 22.8 Å². The number of ether oxygens (including phenoxy) is 1. The van der Waals surface area contributed by atoms with Crippen molar-refractivity contribution >= 4 is 16.9 Å². The highest BCUT2D eigenvalue weighted by Gasteiger charge is 2.34. The van der Waals surface area contributed by atoms with E-state index in [1.807, 2.05) is 0 Å². The molecule has 7 nitrogen and oxygen atoms in total. The third-order valence-corrected chi connectivity index (χ3v) is 3.92. The predicted molar refractivity (Wildman–Crippen MR) is 79.8 cm³/mol. The molecule has 0 radical (unpaired) electrons. The van der Waals surface area contributed by atoms with Crippen LogP contribution in [0.15, 0.2) is 33.1 Å². The number of furan rings is 1. The van der Waals surface area contributed by atoms with Crippen molar-refractivity contribution in [2.45, 2.75) is 13.0 Å². The van der Waals surface area contributed by atoms with Gasteiger partial charge in [0, 0.05) is 18.9 Å². The van der Waals surface area contributed by atoms with Crippen LogP contribution in [0.3, 0.4) is 0 Å². The molecule has 1 aliphatic rings. The van der Waals surface area contributed by atoms with Gasteiger partial charge in [0.2, 0.25) is 11.8 Å². The number of aromatic nitrogens is 2. The van der Waals surface area contributed by atoms with Crippen molar-refractivity contribution in [2.75, 3.05) is 19.8 Å². The lowest BCUT2D eigenvalue weighted by atomic mass is 10.2. The van der Waals surface area contributed by atoms with Crippen LogP contribution in [0.2, 0.25) is 0 Å². The number of hydrogen-bond donors (Lipinski definition) is 0. The van der Waals surface area contributed by atoms with Crippen molar-refractivity contribution in [3.05, 3.63) is 47.6 Å². The summed E-state index contributed by atoms with van der Waals surface area (Å²) in [6.07, 6.45) is 0. The van der Waals surface area contributed by atoms with Gasteiger partial charge in [-0.15, -0.1) is 10.2 Å².